The average Bonchev–Trinajstić information content (AvgIpc) is 2.30. The Labute approximate surface area is 110 Å². The minimum atomic E-state index is -1.26. The fourth-order valence-corrected chi connectivity index (χ4v) is 1.29. The number of hydrogen-bond acceptors (Lipinski definition) is 5. The molecule has 0 aliphatic heterocycles. The Kier molecular flexibility index (Phi) is 7.35. The average molecular weight is 274 g/mol. The molecule has 0 saturated heterocycles. The van der Waals surface area contributed by atoms with Crippen molar-refractivity contribution in [2.24, 2.45) is 5.73 Å². The number of nitrogens with one attached hydrogen (secondary N) is 1. The molecule has 108 valence electrons. The van der Waals surface area contributed by atoms with Crippen LogP contribution in [0.2, 0.25) is 0 Å². The molecular formula is C11H18N2O6. The zero-order valence-electron chi connectivity index (χ0n) is 10.6. The number of rotatable bonds is 9. The first-order valence-electron chi connectivity index (χ1n) is 5.74. The summed E-state index contributed by atoms with van der Waals surface area (Å²) < 4.78 is 0. The van der Waals surface area contributed by atoms with E-state index in [1.807, 2.05) is 0 Å². The van der Waals surface area contributed by atoms with Gasteiger partial charge >= 0.3 is 11.9 Å². The van der Waals surface area contributed by atoms with Crippen molar-refractivity contribution in [3.8, 4) is 0 Å². The molecule has 0 fully saturated rings. The van der Waals surface area contributed by atoms with Crippen LogP contribution in [-0.4, -0.2) is 45.9 Å². The van der Waals surface area contributed by atoms with E-state index < -0.39 is 29.9 Å². The van der Waals surface area contributed by atoms with Gasteiger partial charge in [-0.1, -0.05) is 0 Å². The van der Waals surface area contributed by atoms with Gasteiger partial charge in [-0.05, 0) is 19.8 Å². The van der Waals surface area contributed by atoms with E-state index >= 15 is 0 Å². The minimum absolute atomic E-state index is 0.0257. The van der Waals surface area contributed by atoms with Crippen molar-refractivity contribution in [2.45, 2.75) is 44.7 Å². The quantitative estimate of drug-likeness (QED) is 0.426. The maximum Gasteiger partial charge on any atom is 0.326 e. The van der Waals surface area contributed by atoms with E-state index in [-0.39, 0.29) is 31.5 Å². The number of carbonyl (C=O) groups is 4. The Hall–Kier alpha value is -1.96. The molecule has 5 N–H and O–H groups in total. The first-order valence-corrected chi connectivity index (χ1v) is 5.74. The number of nitrogens with two attached hydrogens (primary N) is 1. The third-order valence-corrected chi connectivity index (χ3v) is 2.41. The van der Waals surface area contributed by atoms with E-state index in [2.05, 4.69) is 5.32 Å². The zero-order chi connectivity index (χ0) is 15.0. The van der Waals surface area contributed by atoms with Crippen molar-refractivity contribution >= 4 is 23.6 Å². The van der Waals surface area contributed by atoms with E-state index in [9.17, 15) is 19.2 Å². The SMILES string of the molecule is CC(=O)CCC(NC(=O)C(N)CCC(=O)O)C(=O)O. The standard InChI is InChI=1S/C11H18N2O6/c1-6(14)2-4-8(11(18)19)13-10(17)7(12)3-5-9(15)16/h7-8H,2-5,12H2,1H3,(H,13,17)(H,15,16)(H,18,19). The molecule has 0 aromatic heterocycles. The van der Waals surface area contributed by atoms with Gasteiger partial charge in [-0.25, -0.2) is 4.79 Å². The smallest absolute Gasteiger partial charge is 0.326 e. The molecule has 0 spiro atoms. The van der Waals surface area contributed by atoms with E-state index in [0.29, 0.717) is 0 Å². The summed E-state index contributed by atoms with van der Waals surface area (Å²) in [7, 11) is 0. The monoisotopic (exact) mass is 274 g/mol. The molecule has 0 saturated carbocycles. The summed E-state index contributed by atoms with van der Waals surface area (Å²) in [5.74, 6) is -3.28. The molecule has 8 nitrogen and oxygen atoms in total. The Morgan fingerprint density at radius 1 is 1.11 bits per heavy atom. The fourth-order valence-electron chi connectivity index (χ4n) is 1.29. The van der Waals surface area contributed by atoms with Crippen molar-refractivity contribution < 1.29 is 29.4 Å². The van der Waals surface area contributed by atoms with Crippen molar-refractivity contribution in [1.82, 2.24) is 5.32 Å². The van der Waals surface area contributed by atoms with Crippen LogP contribution in [0.1, 0.15) is 32.6 Å². The third-order valence-electron chi connectivity index (χ3n) is 2.41. The lowest BCUT2D eigenvalue weighted by molar-refractivity contribution is -0.142. The van der Waals surface area contributed by atoms with Crippen LogP contribution >= 0.6 is 0 Å². The fraction of sp³-hybridized carbons (Fsp3) is 0.636. The summed E-state index contributed by atoms with van der Waals surface area (Å²) in [4.78, 5) is 43.5. The lowest BCUT2D eigenvalue weighted by Gasteiger charge is -2.17. The minimum Gasteiger partial charge on any atom is -0.481 e. The van der Waals surface area contributed by atoms with Crippen LogP contribution in [0.5, 0.6) is 0 Å². The van der Waals surface area contributed by atoms with E-state index in [1.54, 1.807) is 0 Å². The number of carbonyl (C=O) groups excluding carboxylic acids is 2. The predicted octanol–water partition coefficient (Wildman–Crippen LogP) is -0.883. The van der Waals surface area contributed by atoms with Crippen LogP contribution < -0.4 is 11.1 Å². The Morgan fingerprint density at radius 2 is 1.68 bits per heavy atom. The summed E-state index contributed by atoms with van der Waals surface area (Å²) in [6, 6.07) is -2.29. The highest BCUT2D eigenvalue weighted by Crippen LogP contribution is 2.01. The Balaban J connectivity index is 4.33. The molecule has 0 aromatic carbocycles. The van der Waals surface area contributed by atoms with E-state index in [1.165, 1.54) is 6.92 Å². The summed E-state index contributed by atoms with van der Waals surface area (Å²) in [6.07, 6.45) is -0.357. The van der Waals surface area contributed by atoms with Crippen LogP contribution in [0.15, 0.2) is 0 Å². The summed E-state index contributed by atoms with van der Waals surface area (Å²) in [5.41, 5.74) is 5.43. The van der Waals surface area contributed by atoms with Crippen LogP contribution in [0.3, 0.4) is 0 Å². The first kappa shape index (κ1) is 17.0. The lowest BCUT2D eigenvalue weighted by Crippen LogP contribution is -2.48. The molecule has 0 bridgehead atoms. The third kappa shape index (κ3) is 7.87. The molecule has 2 unspecified atom stereocenters. The van der Waals surface area contributed by atoms with Gasteiger partial charge < -0.3 is 26.1 Å². The van der Waals surface area contributed by atoms with Gasteiger partial charge in [0.05, 0.1) is 6.04 Å². The van der Waals surface area contributed by atoms with Gasteiger partial charge in [0, 0.05) is 12.8 Å². The number of carboxylic acid groups (broad SMARTS) is 2. The van der Waals surface area contributed by atoms with E-state index in [4.69, 9.17) is 15.9 Å². The van der Waals surface area contributed by atoms with Gasteiger partial charge in [-0.15, -0.1) is 0 Å². The second-order valence-electron chi connectivity index (χ2n) is 4.18. The normalized spacial score (nSPS) is 13.4. The maximum absolute atomic E-state index is 11.5. The summed E-state index contributed by atoms with van der Waals surface area (Å²) in [5, 5.41) is 19.5. The molecule has 0 heterocycles. The highest BCUT2D eigenvalue weighted by molar-refractivity contribution is 5.87. The van der Waals surface area contributed by atoms with Crippen molar-refractivity contribution in [1.29, 1.82) is 0 Å². The lowest BCUT2D eigenvalue weighted by atomic mass is 10.1. The van der Waals surface area contributed by atoms with Gasteiger partial charge in [0.1, 0.15) is 11.8 Å². The number of hydrogen-bond donors (Lipinski definition) is 4. The second-order valence-corrected chi connectivity index (χ2v) is 4.18. The van der Waals surface area contributed by atoms with Crippen LogP contribution in [0.25, 0.3) is 0 Å². The van der Waals surface area contributed by atoms with Gasteiger partial charge in [0.25, 0.3) is 0 Å². The number of ketones is 1. The molecule has 2 atom stereocenters. The van der Waals surface area contributed by atoms with E-state index in [0.717, 1.165) is 0 Å². The molecule has 0 aliphatic rings. The van der Waals surface area contributed by atoms with Crippen molar-refractivity contribution in [3.05, 3.63) is 0 Å². The first-order chi connectivity index (χ1) is 8.73. The number of amides is 1. The van der Waals surface area contributed by atoms with Gasteiger partial charge in [-0.2, -0.15) is 0 Å². The molecular weight excluding hydrogens is 256 g/mol. The topological polar surface area (TPSA) is 147 Å². The van der Waals surface area contributed by atoms with Crippen LogP contribution in [0, 0.1) is 0 Å². The predicted molar refractivity (Wildman–Crippen MR) is 64.3 cm³/mol. The summed E-state index contributed by atoms with van der Waals surface area (Å²) in [6.45, 7) is 1.32. The zero-order valence-corrected chi connectivity index (χ0v) is 10.6. The van der Waals surface area contributed by atoms with Gasteiger partial charge in [0.15, 0.2) is 0 Å². The van der Waals surface area contributed by atoms with Gasteiger partial charge in [0.2, 0.25) is 5.91 Å². The van der Waals surface area contributed by atoms with Crippen LogP contribution in [-0.2, 0) is 19.2 Å². The second kappa shape index (κ2) is 8.20. The summed E-state index contributed by atoms with van der Waals surface area (Å²) >= 11 is 0. The van der Waals surface area contributed by atoms with Crippen molar-refractivity contribution in [3.63, 3.8) is 0 Å². The highest BCUT2D eigenvalue weighted by atomic mass is 16.4. The molecule has 8 heteroatoms. The maximum atomic E-state index is 11.5. The highest BCUT2D eigenvalue weighted by Gasteiger charge is 2.23. The number of Topliss-reactive ketones (excluding diaryl/α,β-unsaturated/α-hetero) is 1. The molecule has 0 radical (unpaired) electrons. The molecule has 19 heavy (non-hydrogen) atoms. The molecule has 1 amide bonds. The van der Waals surface area contributed by atoms with Crippen LogP contribution in [0.4, 0.5) is 0 Å². The number of carboxylic acids is 2. The van der Waals surface area contributed by atoms with Gasteiger partial charge in [-0.3, -0.25) is 9.59 Å². The Morgan fingerprint density at radius 3 is 2.11 bits per heavy atom. The molecule has 0 aliphatic carbocycles. The number of aliphatic carboxylic acids is 2. The van der Waals surface area contributed by atoms with Crippen molar-refractivity contribution in [2.75, 3.05) is 0 Å². The molecule has 0 rings (SSSR count). The molecule has 0 aromatic rings. The largest absolute Gasteiger partial charge is 0.481 e. The Bertz CT molecular complexity index is 368.